The number of rotatable bonds is 6. The topological polar surface area (TPSA) is 76.2 Å². The molecule has 33 heavy (non-hydrogen) atoms. The molecule has 9 heteroatoms. The van der Waals surface area contributed by atoms with Crippen LogP contribution in [0.3, 0.4) is 0 Å². The summed E-state index contributed by atoms with van der Waals surface area (Å²) in [6, 6.07) is 12.9. The third-order valence-electron chi connectivity index (χ3n) is 6.21. The van der Waals surface area contributed by atoms with E-state index in [4.69, 9.17) is 0 Å². The van der Waals surface area contributed by atoms with Gasteiger partial charge in [0.2, 0.25) is 11.8 Å². The third-order valence-corrected chi connectivity index (χ3v) is 7.14. The predicted octanol–water partition coefficient (Wildman–Crippen LogP) is 2.38. The summed E-state index contributed by atoms with van der Waals surface area (Å²) in [5.41, 5.74) is 0.995. The van der Waals surface area contributed by atoms with Gasteiger partial charge >= 0.3 is 6.03 Å². The second kappa shape index (κ2) is 9.93. The molecule has 3 heterocycles. The van der Waals surface area contributed by atoms with Crippen LogP contribution in [-0.2, 0) is 22.6 Å². The number of benzene rings is 1. The molecule has 2 aromatic rings. The van der Waals surface area contributed by atoms with Crippen molar-refractivity contribution in [3.8, 4) is 0 Å². The van der Waals surface area contributed by atoms with Gasteiger partial charge in [-0.2, -0.15) is 0 Å². The number of hydrogen-bond acceptors (Lipinski definition) is 5. The largest absolute Gasteiger partial charge is 0.337 e. The Morgan fingerprint density at radius 1 is 1.15 bits per heavy atom. The van der Waals surface area contributed by atoms with Crippen molar-refractivity contribution in [2.75, 3.05) is 26.7 Å². The molecule has 4 rings (SSSR count). The molecule has 2 aliphatic rings. The first-order valence-corrected chi connectivity index (χ1v) is 12.2. The van der Waals surface area contributed by atoms with Crippen LogP contribution in [0.15, 0.2) is 47.8 Å². The zero-order valence-electron chi connectivity index (χ0n) is 19.3. The Morgan fingerprint density at radius 3 is 2.58 bits per heavy atom. The number of nitrogens with zero attached hydrogens (tertiary/aromatic N) is 4. The number of thiophene rings is 1. The fourth-order valence-electron chi connectivity index (χ4n) is 4.62. The molecule has 2 aliphatic heterocycles. The predicted molar refractivity (Wildman–Crippen MR) is 127 cm³/mol. The van der Waals surface area contributed by atoms with E-state index in [-0.39, 0.29) is 30.3 Å². The lowest BCUT2D eigenvalue weighted by atomic mass is 9.96. The highest BCUT2D eigenvalue weighted by Gasteiger charge is 2.51. The van der Waals surface area contributed by atoms with Gasteiger partial charge in [0.25, 0.3) is 0 Å². The second-order valence-electron chi connectivity index (χ2n) is 8.89. The van der Waals surface area contributed by atoms with Crippen molar-refractivity contribution in [3.63, 3.8) is 0 Å². The van der Waals surface area contributed by atoms with Gasteiger partial charge in [0.05, 0.1) is 13.1 Å². The Labute approximate surface area is 198 Å². The summed E-state index contributed by atoms with van der Waals surface area (Å²) < 4.78 is 0. The van der Waals surface area contributed by atoms with Gasteiger partial charge in [0, 0.05) is 25.0 Å². The molecule has 4 amide bonds. The molecule has 1 aromatic carbocycles. The molecule has 2 atom stereocenters. The second-order valence-corrected chi connectivity index (χ2v) is 9.92. The zero-order chi connectivity index (χ0) is 23.5. The van der Waals surface area contributed by atoms with Gasteiger partial charge in [-0.3, -0.25) is 9.59 Å². The van der Waals surface area contributed by atoms with E-state index in [0.717, 1.165) is 12.0 Å². The van der Waals surface area contributed by atoms with Crippen molar-refractivity contribution < 1.29 is 14.4 Å². The fourth-order valence-corrected chi connectivity index (χ4v) is 5.32. The van der Waals surface area contributed by atoms with E-state index in [1.807, 2.05) is 60.5 Å². The molecule has 1 aromatic heterocycles. The summed E-state index contributed by atoms with van der Waals surface area (Å²) in [6.45, 7) is 5.20. The highest BCUT2D eigenvalue weighted by molar-refractivity contribution is 7.09. The van der Waals surface area contributed by atoms with Gasteiger partial charge in [0.1, 0.15) is 12.2 Å². The minimum atomic E-state index is -0.585. The molecule has 0 spiro atoms. The number of likely N-dealkylation sites (N-methyl/N-ethyl adjacent to an activating group) is 1. The number of carbonyl (C=O) groups excluding carboxylic acids is 3. The number of carbonyl (C=O) groups is 3. The Balaban J connectivity index is 1.56. The van der Waals surface area contributed by atoms with Crippen LogP contribution in [0.5, 0.6) is 0 Å². The maximum absolute atomic E-state index is 13.4. The molecule has 1 N–H and O–H groups in total. The fraction of sp³-hybridized carbons (Fsp3) is 0.458. The highest BCUT2D eigenvalue weighted by atomic mass is 32.1. The van der Waals surface area contributed by atoms with Gasteiger partial charge in [0.15, 0.2) is 0 Å². The van der Waals surface area contributed by atoms with Gasteiger partial charge in [-0.25, -0.2) is 14.8 Å². The Hall–Kier alpha value is -2.91. The van der Waals surface area contributed by atoms with Gasteiger partial charge in [-0.15, -0.1) is 11.3 Å². The molecule has 0 bridgehead atoms. The summed E-state index contributed by atoms with van der Waals surface area (Å²) in [4.78, 5) is 44.4. The van der Waals surface area contributed by atoms with Crippen LogP contribution in [0.25, 0.3) is 0 Å². The lowest BCUT2D eigenvalue weighted by Gasteiger charge is -2.55. The number of piperazine rings is 1. The monoisotopic (exact) mass is 469 g/mol. The number of hydrazine groups is 1. The SMILES string of the molecule is CC(C)[C@H]1C(=O)N(CCc2cccs2)C[C@H]2N1C(=O)CN(C)N2C(=O)NCc1ccccc1. The van der Waals surface area contributed by atoms with Crippen LogP contribution >= 0.6 is 11.3 Å². The average molecular weight is 470 g/mol. The van der Waals surface area contributed by atoms with Crippen LogP contribution in [-0.4, -0.2) is 76.6 Å². The highest BCUT2D eigenvalue weighted by Crippen LogP contribution is 2.29. The first-order chi connectivity index (χ1) is 15.9. The number of nitrogens with one attached hydrogen (secondary N) is 1. The smallest absolute Gasteiger partial charge is 0.334 e. The van der Waals surface area contributed by atoms with Gasteiger partial charge in [-0.1, -0.05) is 50.2 Å². The van der Waals surface area contributed by atoms with E-state index >= 15 is 0 Å². The van der Waals surface area contributed by atoms with Crippen LogP contribution in [0.1, 0.15) is 24.3 Å². The summed E-state index contributed by atoms with van der Waals surface area (Å²) in [5.74, 6) is -0.231. The van der Waals surface area contributed by atoms with E-state index in [1.54, 1.807) is 33.3 Å². The van der Waals surface area contributed by atoms with Crippen LogP contribution in [0.4, 0.5) is 4.79 Å². The maximum atomic E-state index is 13.4. The first-order valence-electron chi connectivity index (χ1n) is 11.3. The number of amides is 4. The summed E-state index contributed by atoms with van der Waals surface area (Å²) in [6.07, 6.45) is 0.214. The van der Waals surface area contributed by atoms with Crippen molar-refractivity contribution in [1.29, 1.82) is 0 Å². The van der Waals surface area contributed by atoms with E-state index < -0.39 is 12.2 Å². The molecule has 176 valence electrons. The number of urea groups is 1. The lowest BCUT2D eigenvalue weighted by molar-refractivity contribution is -0.189. The third kappa shape index (κ3) is 4.89. The molecule has 0 aliphatic carbocycles. The van der Waals surface area contributed by atoms with Crippen molar-refractivity contribution in [2.45, 2.75) is 39.0 Å². The maximum Gasteiger partial charge on any atom is 0.334 e. The Morgan fingerprint density at radius 2 is 1.91 bits per heavy atom. The zero-order valence-corrected chi connectivity index (χ0v) is 20.1. The lowest BCUT2D eigenvalue weighted by Crippen LogP contribution is -2.76. The molecule has 2 fully saturated rings. The van der Waals surface area contributed by atoms with Gasteiger partial charge in [-0.05, 0) is 29.3 Å². The normalized spacial score (nSPS) is 21.5. The minimum absolute atomic E-state index is 0.0413. The van der Waals surface area contributed by atoms with E-state index in [9.17, 15) is 14.4 Å². The van der Waals surface area contributed by atoms with E-state index in [0.29, 0.717) is 19.6 Å². The molecule has 0 radical (unpaired) electrons. The van der Waals surface area contributed by atoms with Gasteiger partial charge < -0.3 is 15.1 Å². The van der Waals surface area contributed by atoms with Crippen LogP contribution in [0.2, 0.25) is 0 Å². The van der Waals surface area contributed by atoms with Crippen molar-refractivity contribution in [2.24, 2.45) is 5.92 Å². The molecule has 8 nitrogen and oxygen atoms in total. The van der Waals surface area contributed by atoms with Crippen molar-refractivity contribution >= 4 is 29.2 Å². The summed E-state index contributed by atoms with van der Waals surface area (Å²) >= 11 is 1.67. The first kappa shape index (κ1) is 23.3. The summed E-state index contributed by atoms with van der Waals surface area (Å²) in [5, 5.41) is 8.27. The van der Waals surface area contributed by atoms with Crippen molar-refractivity contribution in [3.05, 3.63) is 58.3 Å². The Bertz CT molecular complexity index is 981. The van der Waals surface area contributed by atoms with E-state index in [1.165, 1.54) is 4.88 Å². The quantitative estimate of drug-likeness (QED) is 0.705. The minimum Gasteiger partial charge on any atom is -0.337 e. The summed E-state index contributed by atoms with van der Waals surface area (Å²) in [7, 11) is 1.74. The van der Waals surface area contributed by atoms with Crippen LogP contribution in [0, 0.1) is 5.92 Å². The van der Waals surface area contributed by atoms with Crippen molar-refractivity contribution in [1.82, 2.24) is 25.1 Å². The standard InChI is InChI=1S/C24H31N5O3S/c1-17(2)22-23(31)27(12-11-19-10-7-13-33-19)15-20-28(22)21(30)16-26(3)29(20)24(32)25-14-18-8-5-4-6-9-18/h4-10,13,17,20,22H,11-12,14-16H2,1-3H3,(H,25,32)/t20-,22-/m0/s1. The molecule has 2 saturated heterocycles. The molecular formula is C24H31N5O3S. The average Bonchev–Trinajstić information content (AvgIpc) is 3.31. The molecular weight excluding hydrogens is 438 g/mol. The van der Waals surface area contributed by atoms with Crippen LogP contribution < -0.4 is 5.32 Å². The molecule has 0 unspecified atom stereocenters. The number of hydrogen-bond donors (Lipinski definition) is 1. The molecule has 0 saturated carbocycles. The Kier molecular flexibility index (Phi) is 6.99. The van der Waals surface area contributed by atoms with E-state index in [2.05, 4.69) is 11.4 Å². The number of fused-ring (bicyclic) bond motifs is 1.